The van der Waals surface area contributed by atoms with Crippen molar-refractivity contribution in [3.05, 3.63) is 0 Å². The van der Waals surface area contributed by atoms with E-state index in [2.05, 4.69) is 16.0 Å². The van der Waals surface area contributed by atoms with E-state index in [1.807, 2.05) is 13.8 Å². The van der Waals surface area contributed by atoms with Gasteiger partial charge < -0.3 is 30.3 Å². The number of hydrogen-bond acceptors (Lipinski definition) is 9. The molecule has 3 rings (SSSR count). The minimum Gasteiger partial charge on any atom is -0.461 e. The van der Waals surface area contributed by atoms with E-state index in [-0.39, 0.29) is 54.5 Å². The smallest absolute Gasteiger partial charge is 0.329 e. The molecule has 2 saturated carbocycles. The van der Waals surface area contributed by atoms with Crippen LogP contribution in [-0.4, -0.2) is 88.7 Å². The van der Waals surface area contributed by atoms with Gasteiger partial charge in [0.15, 0.2) is 0 Å². The summed E-state index contributed by atoms with van der Waals surface area (Å²) in [5.74, 6) is -3.56. The molecule has 0 bridgehead atoms. The van der Waals surface area contributed by atoms with Crippen LogP contribution in [0.2, 0.25) is 0 Å². The lowest BCUT2D eigenvalue weighted by atomic mass is 9.85. The normalized spacial score (nSPS) is 22.7. The molecule has 2 aliphatic carbocycles. The first kappa shape index (κ1) is 41.9. The largest absolute Gasteiger partial charge is 0.461 e. The summed E-state index contributed by atoms with van der Waals surface area (Å²) in [7, 11) is 0. The fraction of sp³-hybridized carbons (Fsp3) is 0.816. The van der Waals surface area contributed by atoms with E-state index in [9.17, 15) is 33.6 Å². The SMILES string of the molecule is CC(C)OC(=O)[C@@H](NC(=O)N[C@H](C(=O)N1C[C@H]2[C@@H]([C@H]1C(=O)N[C@@H](CC1CC1)C(=O)C(=O)CCCC(=O)OC(C)(C)C)C2(C)C)C(C)(C)C)C(C)C. The molecule has 1 aliphatic heterocycles. The molecule has 0 aromatic heterocycles. The zero-order valence-electron chi connectivity index (χ0n) is 32.8. The van der Waals surface area contributed by atoms with Crippen LogP contribution in [0.4, 0.5) is 4.79 Å². The Balaban J connectivity index is 1.76. The van der Waals surface area contributed by atoms with Gasteiger partial charge in [-0.15, -0.1) is 0 Å². The lowest BCUT2D eigenvalue weighted by Gasteiger charge is -2.38. The second-order valence-electron chi connectivity index (χ2n) is 18.0. The van der Waals surface area contributed by atoms with Crippen molar-refractivity contribution in [3.8, 4) is 0 Å². The number of ether oxygens (including phenoxy) is 2. The van der Waals surface area contributed by atoms with Crippen molar-refractivity contribution < 1.29 is 43.0 Å². The number of rotatable bonds is 16. The maximum absolute atomic E-state index is 14.3. The number of carbonyl (C=O) groups excluding carboxylic acids is 7. The number of esters is 2. The molecule has 0 aromatic rings. The molecule has 1 saturated heterocycles. The van der Waals surface area contributed by atoms with Crippen LogP contribution in [0, 0.1) is 34.5 Å². The van der Waals surface area contributed by atoms with Crippen molar-refractivity contribution >= 4 is 41.4 Å². The van der Waals surface area contributed by atoms with E-state index in [0.29, 0.717) is 13.0 Å². The molecule has 0 aromatic carbocycles. The third kappa shape index (κ3) is 11.2. The van der Waals surface area contributed by atoms with Gasteiger partial charge in [-0.2, -0.15) is 0 Å². The highest BCUT2D eigenvalue weighted by atomic mass is 16.6. The second kappa shape index (κ2) is 16.0. The second-order valence-corrected chi connectivity index (χ2v) is 18.0. The first-order valence-electron chi connectivity index (χ1n) is 18.5. The third-order valence-electron chi connectivity index (χ3n) is 10.1. The van der Waals surface area contributed by atoms with E-state index >= 15 is 0 Å². The molecule has 3 N–H and O–H groups in total. The Morgan fingerprint density at radius 2 is 1.47 bits per heavy atom. The van der Waals surface area contributed by atoms with Crippen LogP contribution in [0.15, 0.2) is 0 Å². The van der Waals surface area contributed by atoms with Crippen LogP contribution < -0.4 is 16.0 Å². The number of piperidine rings is 1. The first-order valence-corrected chi connectivity index (χ1v) is 18.5. The maximum atomic E-state index is 14.3. The molecule has 51 heavy (non-hydrogen) atoms. The van der Waals surface area contributed by atoms with Gasteiger partial charge in [0, 0.05) is 19.4 Å². The number of urea groups is 1. The highest BCUT2D eigenvalue weighted by molar-refractivity contribution is 6.39. The van der Waals surface area contributed by atoms with Crippen LogP contribution in [0.5, 0.6) is 0 Å². The Labute approximate surface area is 303 Å². The quantitative estimate of drug-likeness (QED) is 0.157. The lowest BCUT2D eigenvalue weighted by molar-refractivity contribution is -0.155. The van der Waals surface area contributed by atoms with Gasteiger partial charge in [0.2, 0.25) is 23.4 Å². The molecule has 0 unspecified atom stereocenters. The zero-order valence-corrected chi connectivity index (χ0v) is 32.8. The molecule has 3 aliphatic rings. The van der Waals surface area contributed by atoms with Crippen molar-refractivity contribution in [3.63, 3.8) is 0 Å². The Morgan fingerprint density at radius 3 is 1.98 bits per heavy atom. The van der Waals surface area contributed by atoms with Crippen LogP contribution in [0.25, 0.3) is 0 Å². The van der Waals surface area contributed by atoms with E-state index < -0.39 is 76.5 Å². The Bertz CT molecular complexity index is 1360. The summed E-state index contributed by atoms with van der Waals surface area (Å²) in [6.07, 6.45) is 1.74. The maximum Gasteiger partial charge on any atom is 0.329 e. The van der Waals surface area contributed by atoms with Crippen molar-refractivity contribution in [2.45, 2.75) is 157 Å². The first-order chi connectivity index (χ1) is 23.3. The van der Waals surface area contributed by atoms with E-state index in [4.69, 9.17) is 9.47 Å². The standard InChI is InChI=1S/C38H62N4O9/c1-20(2)28(34(48)50-21(3)4)40-35(49)41-31(36(5,6)7)33(47)42-19-23-27(38(23,11)12)29(42)32(46)39-24(18-22-16-17-22)30(45)25(43)14-13-15-26(44)51-37(8,9)10/h20-24,27-29,31H,13-19H2,1-12H3,(H,39,46)(H2,40,41,49)/t23-,24-,27-,28-,29-,31+/m0/s1. The number of fused-ring (bicyclic) bond motifs is 1. The van der Waals surface area contributed by atoms with Crippen LogP contribution >= 0.6 is 0 Å². The molecule has 288 valence electrons. The highest BCUT2D eigenvalue weighted by Crippen LogP contribution is 2.65. The molecule has 13 heteroatoms. The fourth-order valence-electron chi connectivity index (χ4n) is 7.02. The molecule has 4 amide bonds. The van der Waals surface area contributed by atoms with Crippen molar-refractivity contribution in [1.29, 1.82) is 0 Å². The number of amides is 4. The molecule has 3 fully saturated rings. The average molecular weight is 719 g/mol. The Hall–Kier alpha value is -3.51. The minimum atomic E-state index is -1.06. The topological polar surface area (TPSA) is 177 Å². The summed E-state index contributed by atoms with van der Waals surface area (Å²) < 4.78 is 10.6. The van der Waals surface area contributed by atoms with Gasteiger partial charge in [0.1, 0.15) is 23.7 Å². The van der Waals surface area contributed by atoms with E-state index in [1.165, 1.54) is 4.90 Å². The van der Waals surface area contributed by atoms with Crippen molar-refractivity contribution in [2.24, 2.45) is 34.5 Å². The van der Waals surface area contributed by atoms with Crippen LogP contribution in [0.3, 0.4) is 0 Å². The van der Waals surface area contributed by atoms with Gasteiger partial charge in [-0.3, -0.25) is 24.0 Å². The van der Waals surface area contributed by atoms with Crippen molar-refractivity contribution in [1.82, 2.24) is 20.9 Å². The molecule has 6 atom stereocenters. The number of nitrogens with zero attached hydrogens (tertiary/aromatic N) is 1. The Morgan fingerprint density at radius 1 is 0.863 bits per heavy atom. The number of likely N-dealkylation sites (tertiary alicyclic amines) is 1. The van der Waals surface area contributed by atoms with Crippen LogP contribution in [0.1, 0.15) is 122 Å². The summed E-state index contributed by atoms with van der Waals surface area (Å²) in [6, 6.07) is -4.67. The summed E-state index contributed by atoms with van der Waals surface area (Å²) in [4.78, 5) is 94.6. The Kier molecular flexibility index (Phi) is 13.2. The number of nitrogens with one attached hydrogen (secondary N) is 3. The van der Waals surface area contributed by atoms with Crippen LogP contribution in [-0.2, 0) is 38.2 Å². The fourth-order valence-corrected chi connectivity index (χ4v) is 7.02. The summed E-state index contributed by atoms with van der Waals surface area (Å²) in [5, 5.41) is 8.30. The summed E-state index contributed by atoms with van der Waals surface area (Å²) >= 11 is 0. The lowest BCUT2D eigenvalue weighted by Crippen LogP contribution is -2.62. The number of hydrogen-bond donors (Lipinski definition) is 3. The van der Waals surface area contributed by atoms with E-state index in [1.54, 1.807) is 69.2 Å². The van der Waals surface area contributed by atoms with Gasteiger partial charge in [0.05, 0.1) is 12.1 Å². The van der Waals surface area contributed by atoms with Gasteiger partial charge in [0.25, 0.3) is 0 Å². The molecule has 0 spiro atoms. The molecular weight excluding hydrogens is 656 g/mol. The molecule has 1 heterocycles. The van der Waals surface area contributed by atoms with Gasteiger partial charge in [-0.05, 0) is 82.0 Å². The van der Waals surface area contributed by atoms with Gasteiger partial charge in [-0.25, -0.2) is 9.59 Å². The molecular formula is C38H62N4O9. The monoisotopic (exact) mass is 718 g/mol. The molecule has 13 nitrogen and oxygen atoms in total. The van der Waals surface area contributed by atoms with Crippen molar-refractivity contribution in [2.75, 3.05) is 6.54 Å². The summed E-state index contributed by atoms with van der Waals surface area (Å²) in [6.45, 7) is 22.0. The molecule has 0 radical (unpaired) electrons. The minimum absolute atomic E-state index is 0.00556. The number of Topliss-reactive ketones (excluding diaryl/α,β-unsaturated/α-hetero) is 2. The average Bonchev–Trinajstić information content (AvgIpc) is 3.82. The zero-order chi connectivity index (χ0) is 38.8. The van der Waals surface area contributed by atoms with E-state index in [0.717, 1.165) is 12.8 Å². The number of ketones is 2. The summed E-state index contributed by atoms with van der Waals surface area (Å²) in [5.41, 5.74) is -1.66. The predicted octanol–water partition coefficient (Wildman–Crippen LogP) is 4.09. The number of carbonyl (C=O) groups is 7. The third-order valence-corrected chi connectivity index (χ3v) is 10.1. The predicted molar refractivity (Wildman–Crippen MR) is 190 cm³/mol. The van der Waals surface area contributed by atoms with Gasteiger partial charge in [-0.1, -0.05) is 61.3 Å². The van der Waals surface area contributed by atoms with Gasteiger partial charge >= 0.3 is 18.0 Å². The highest BCUT2D eigenvalue weighted by Gasteiger charge is 2.70.